The molecule has 92 valence electrons. The van der Waals surface area contributed by atoms with Crippen LogP contribution in [0.1, 0.15) is 43.7 Å². The molecule has 17 heavy (non-hydrogen) atoms. The number of allylic oxidation sites excluding steroid dienone is 1. The Labute approximate surface area is 116 Å². The number of nitrogens with two attached hydrogens (primary N) is 1. The van der Waals surface area contributed by atoms with Crippen LogP contribution in [-0.4, -0.2) is 0 Å². The summed E-state index contributed by atoms with van der Waals surface area (Å²) in [6, 6.07) is 5.90. The summed E-state index contributed by atoms with van der Waals surface area (Å²) in [5.41, 5.74) is 8.78. The van der Waals surface area contributed by atoms with Crippen LogP contribution in [0.2, 0.25) is 5.02 Å². The van der Waals surface area contributed by atoms with Crippen molar-refractivity contribution in [2.45, 2.75) is 38.1 Å². The maximum absolute atomic E-state index is 6.33. The van der Waals surface area contributed by atoms with E-state index in [0.717, 1.165) is 27.9 Å². The monoisotopic (exact) mass is 313 g/mol. The molecule has 1 nitrogen and oxygen atoms in total. The van der Waals surface area contributed by atoms with Crippen molar-refractivity contribution < 1.29 is 0 Å². The molecular formula is C14H17BrClN. The van der Waals surface area contributed by atoms with E-state index in [1.807, 2.05) is 12.1 Å². The molecule has 0 spiro atoms. The number of hydrogen-bond donors (Lipinski definition) is 1. The smallest absolute Gasteiger partial charge is 0.0511 e. The minimum Gasteiger partial charge on any atom is -0.321 e. The lowest BCUT2D eigenvalue weighted by Crippen LogP contribution is -2.13. The second-order valence-electron chi connectivity index (χ2n) is 4.56. The summed E-state index contributed by atoms with van der Waals surface area (Å²) in [5, 5.41) is 0.735. The molecule has 3 heteroatoms. The van der Waals surface area contributed by atoms with E-state index in [0.29, 0.717) is 0 Å². The standard InChI is InChI=1S/C14H17BrClN/c15-12-7-11(8-13(16)9-12)14(17)10-5-3-1-2-4-6-10/h5,7-9,14H,1-4,6,17H2. The lowest BCUT2D eigenvalue weighted by atomic mass is 9.96. The van der Waals surface area contributed by atoms with Crippen LogP contribution in [0.15, 0.2) is 34.3 Å². The van der Waals surface area contributed by atoms with Crippen molar-refractivity contribution in [1.82, 2.24) is 0 Å². The molecule has 0 radical (unpaired) electrons. The summed E-state index contributed by atoms with van der Waals surface area (Å²) < 4.78 is 0.990. The first-order valence-electron chi connectivity index (χ1n) is 6.07. The average Bonchev–Trinajstić information content (AvgIpc) is 2.55. The lowest BCUT2D eigenvalue weighted by Gasteiger charge is -2.16. The Morgan fingerprint density at radius 3 is 2.76 bits per heavy atom. The van der Waals surface area contributed by atoms with Crippen molar-refractivity contribution in [3.63, 3.8) is 0 Å². The molecule has 0 aromatic heterocycles. The van der Waals surface area contributed by atoms with Gasteiger partial charge in [-0.3, -0.25) is 0 Å². The summed E-state index contributed by atoms with van der Waals surface area (Å²) in [6.07, 6.45) is 8.44. The molecule has 1 aromatic rings. The molecule has 1 unspecified atom stereocenters. The topological polar surface area (TPSA) is 26.0 Å². The molecule has 0 aliphatic heterocycles. The average molecular weight is 315 g/mol. The van der Waals surface area contributed by atoms with Crippen LogP contribution in [0, 0.1) is 0 Å². The zero-order valence-corrected chi connectivity index (χ0v) is 12.1. The Morgan fingerprint density at radius 1 is 1.18 bits per heavy atom. The maximum atomic E-state index is 6.33. The highest BCUT2D eigenvalue weighted by Crippen LogP contribution is 2.30. The zero-order valence-electron chi connectivity index (χ0n) is 9.76. The number of benzene rings is 1. The normalized spacial score (nSPS) is 18.4. The quantitative estimate of drug-likeness (QED) is 0.764. The second-order valence-corrected chi connectivity index (χ2v) is 5.91. The maximum Gasteiger partial charge on any atom is 0.0511 e. The molecule has 1 aromatic carbocycles. The van der Waals surface area contributed by atoms with Gasteiger partial charge in [0.2, 0.25) is 0 Å². The van der Waals surface area contributed by atoms with Gasteiger partial charge in [-0.2, -0.15) is 0 Å². The van der Waals surface area contributed by atoms with Crippen LogP contribution in [-0.2, 0) is 0 Å². The van der Waals surface area contributed by atoms with Crippen LogP contribution >= 0.6 is 27.5 Å². The first kappa shape index (κ1) is 13.1. The number of rotatable bonds is 2. The molecular weight excluding hydrogens is 298 g/mol. The predicted octanol–water partition coefficient (Wildman–Crippen LogP) is 4.99. The fourth-order valence-corrected chi connectivity index (χ4v) is 3.18. The molecule has 2 N–H and O–H groups in total. The fourth-order valence-electron chi connectivity index (χ4n) is 2.29. The minimum atomic E-state index is -0.0110. The summed E-state index contributed by atoms with van der Waals surface area (Å²) >= 11 is 9.52. The molecule has 0 bridgehead atoms. The lowest BCUT2D eigenvalue weighted by molar-refractivity contribution is 0.688. The molecule has 0 saturated carbocycles. The Hall–Kier alpha value is -0.310. The van der Waals surface area contributed by atoms with Crippen molar-refractivity contribution >= 4 is 27.5 Å². The third-order valence-corrected chi connectivity index (χ3v) is 3.90. The van der Waals surface area contributed by atoms with Gasteiger partial charge in [-0.05, 0) is 49.4 Å². The fraction of sp³-hybridized carbons (Fsp3) is 0.429. The van der Waals surface area contributed by atoms with Gasteiger partial charge in [0.25, 0.3) is 0 Å². The SMILES string of the molecule is NC(C1=CCCCCC1)c1cc(Cl)cc(Br)c1. The largest absolute Gasteiger partial charge is 0.321 e. The van der Waals surface area contributed by atoms with E-state index in [2.05, 4.69) is 28.1 Å². The summed E-state index contributed by atoms with van der Waals surface area (Å²) in [7, 11) is 0. The van der Waals surface area contributed by atoms with Gasteiger partial charge in [-0.25, -0.2) is 0 Å². The highest BCUT2D eigenvalue weighted by atomic mass is 79.9. The van der Waals surface area contributed by atoms with Gasteiger partial charge in [-0.15, -0.1) is 0 Å². The second kappa shape index (κ2) is 6.03. The van der Waals surface area contributed by atoms with Gasteiger partial charge in [0.05, 0.1) is 6.04 Å². The van der Waals surface area contributed by atoms with Crippen molar-refractivity contribution in [2.75, 3.05) is 0 Å². The molecule has 0 fully saturated rings. The molecule has 0 amide bonds. The molecule has 1 aliphatic rings. The van der Waals surface area contributed by atoms with E-state index in [9.17, 15) is 0 Å². The number of halogens is 2. The van der Waals surface area contributed by atoms with Gasteiger partial charge in [0, 0.05) is 9.50 Å². The van der Waals surface area contributed by atoms with Crippen LogP contribution in [0.5, 0.6) is 0 Å². The first-order valence-corrected chi connectivity index (χ1v) is 7.24. The zero-order chi connectivity index (χ0) is 12.3. The van der Waals surface area contributed by atoms with Gasteiger partial charge < -0.3 is 5.73 Å². The van der Waals surface area contributed by atoms with Crippen molar-refractivity contribution in [2.24, 2.45) is 5.73 Å². The van der Waals surface area contributed by atoms with E-state index < -0.39 is 0 Å². The van der Waals surface area contributed by atoms with E-state index >= 15 is 0 Å². The van der Waals surface area contributed by atoms with Gasteiger partial charge in [0.15, 0.2) is 0 Å². The molecule has 1 atom stereocenters. The third kappa shape index (κ3) is 3.57. The van der Waals surface area contributed by atoms with Gasteiger partial charge in [-0.1, -0.05) is 45.6 Å². The van der Waals surface area contributed by atoms with Crippen molar-refractivity contribution in [3.8, 4) is 0 Å². The van der Waals surface area contributed by atoms with E-state index in [1.54, 1.807) is 0 Å². The van der Waals surface area contributed by atoms with E-state index in [4.69, 9.17) is 17.3 Å². The minimum absolute atomic E-state index is 0.0110. The molecule has 0 saturated heterocycles. The van der Waals surface area contributed by atoms with Crippen LogP contribution in [0.25, 0.3) is 0 Å². The van der Waals surface area contributed by atoms with Crippen LogP contribution < -0.4 is 5.73 Å². The molecule has 0 heterocycles. The predicted molar refractivity (Wildman–Crippen MR) is 77.2 cm³/mol. The molecule has 1 aliphatic carbocycles. The van der Waals surface area contributed by atoms with Crippen LogP contribution in [0.4, 0.5) is 0 Å². The van der Waals surface area contributed by atoms with E-state index in [-0.39, 0.29) is 6.04 Å². The van der Waals surface area contributed by atoms with Gasteiger partial charge in [0.1, 0.15) is 0 Å². The van der Waals surface area contributed by atoms with Gasteiger partial charge >= 0.3 is 0 Å². The third-order valence-electron chi connectivity index (χ3n) is 3.22. The Bertz CT molecular complexity index is 408. The highest BCUT2D eigenvalue weighted by Gasteiger charge is 2.14. The van der Waals surface area contributed by atoms with E-state index in [1.165, 1.54) is 24.8 Å². The summed E-state index contributed by atoms with van der Waals surface area (Å²) in [5.74, 6) is 0. The van der Waals surface area contributed by atoms with Crippen molar-refractivity contribution in [3.05, 3.63) is 44.9 Å². The van der Waals surface area contributed by atoms with Crippen LogP contribution in [0.3, 0.4) is 0 Å². The first-order chi connectivity index (χ1) is 8.16. The number of hydrogen-bond acceptors (Lipinski definition) is 1. The van der Waals surface area contributed by atoms with Crippen molar-refractivity contribution in [1.29, 1.82) is 0 Å². The summed E-state index contributed by atoms with van der Waals surface area (Å²) in [4.78, 5) is 0. The highest BCUT2D eigenvalue weighted by molar-refractivity contribution is 9.10. The Kier molecular flexibility index (Phi) is 4.66. The Morgan fingerprint density at radius 2 is 2.00 bits per heavy atom. The summed E-state index contributed by atoms with van der Waals surface area (Å²) in [6.45, 7) is 0. The Balaban J connectivity index is 2.23. The molecule has 2 rings (SSSR count).